The number of nitrogens with zero attached hydrogens (tertiary/aromatic N) is 2. The van der Waals surface area contributed by atoms with Gasteiger partial charge in [-0.05, 0) is 36.2 Å². The smallest absolute Gasteiger partial charge is 0.253 e. The van der Waals surface area contributed by atoms with Crippen molar-refractivity contribution in [3.63, 3.8) is 0 Å². The van der Waals surface area contributed by atoms with Gasteiger partial charge in [0.25, 0.3) is 5.91 Å². The van der Waals surface area contributed by atoms with Crippen LogP contribution in [-0.2, 0) is 4.79 Å². The molecule has 0 fully saturated rings. The summed E-state index contributed by atoms with van der Waals surface area (Å²) in [5, 5.41) is 13.9. The first kappa shape index (κ1) is 23.1. The number of carbonyl (C=O) groups is 2. The minimum atomic E-state index is -0.417. The second kappa shape index (κ2) is 10.7. The molecule has 0 radical (unpaired) electrons. The van der Waals surface area contributed by atoms with Crippen molar-refractivity contribution in [3.8, 4) is 0 Å². The molecule has 0 saturated carbocycles. The molecule has 31 heavy (non-hydrogen) atoms. The van der Waals surface area contributed by atoms with Crippen LogP contribution in [0.5, 0.6) is 0 Å². The van der Waals surface area contributed by atoms with E-state index in [0.717, 1.165) is 5.69 Å². The van der Waals surface area contributed by atoms with Crippen LogP contribution in [0.25, 0.3) is 0 Å². The highest BCUT2D eigenvalue weighted by molar-refractivity contribution is 7.99. The third-order valence-corrected chi connectivity index (χ3v) is 5.69. The van der Waals surface area contributed by atoms with Crippen molar-refractivity contribution in [1.82, 2.24) is 20.5 Å². The van der Waals surface area contributed by atoms with E-state index in [9.17, 15) is 9.59 Å². The first-order valence-electron chi connectivity index (χ1n) is 9.49. The summed E-state index contributed by atoms with van der Waals surface area (Å²) in [5.41, 5.74) is 1.05. The van der Waals surface area contributed by atoms with Crippen LogP contribution in [0.3, 0.4) is 0 Å². The molecule has 3 aromatic rings. The van der Waals surface area contributed by atoms with E-state index in [1.54, 1.807) is 12.1 Å². The number of rotatable bonds is 8. The van der Waals surface area contributed by atoms with Crippen LogP contribution in [-0.4, -0.2) is 32.7 Å². The van der Waals surface area contributed by atoms with Gasteiger partial charge in [-0.15, -0.1) is 5.10 Å². The number of aromatic amines is 1. The number of amides is 2. The minimum Gasteiger partial charge on any atom is -0.342 e. The van der Waals surface area contributed by atoms with Gasteiger partial charge in [-0.3, -0.25) is 14.7 Å². The second-order valence-electron chi connectivity index (χ2n) is 7.03. The molecule has 1 aromatic heterocycles. The molecule has 0 aliphatic carbocycles. The van der Waals surface area contributed by atoms with Crippen molar-refractivity contribution in [2.24, 2.45) is 5.92 Å². The Labute approximate surface area is 194 Å². The molecule has 0 aliphatic heterocycles. The molecule has 0 saturated heterocycles. The SMILES string of the molecule is CC(C)[C@@H](NC(=O)c1ccc(Cl)cc1Cl)c1nc(SCC(=O)Nc2ccccc2)n[nH]1. The number of benzene rings is 2. The van der Waals surface area contributed by atoms with Gasteiger partial charge in [-0.1, -0.05) is 67.0 Å². The zero-order valence-corrected chi connectivity index (χ0v) is 19.2. The highest BCUT2D eigenvalue weighted by atomic mass is 35.5. The second-order valence-corrected chi connectivity index (χ2v) is 8.81. The van der Waals surface area contributed by atoms with Gasteiger partial charge in [0.1, 0.15) is 5.82 Å². The molecule has 3 rings (SSSR count). The lowest BCUT2D eigenvalue weighted by Gasteiger charge is -2.20. The molecule has 162 valence electrons. The molecule has 0 unspecified atom stereocenters. The Bertz CT molecular complexity index is 1060. The number of hydrogen-bond acceptors (Lipinski definition) is 5. The van der Waals surface area contributed by atoms with E-state index in [1.807, 2.05) is 44.2 Å². The average molecular weight is 478 g/mol. The van der Waals surface area contributed by atoms with Gasteiger partial charge < -0.3 is 10.6 Å². The first-order chi connectivity index (χ1) is 14.8. The summed E-state index contributed by atoms with van der Waals surface area (Å²) in [4.78, 5) is 29.3. The fourth-order valence-electron chi connectivity index (χ4n) is 2.75. The van der Waals surface area contributed by atoms with Gasteiger partial charge in [0.2, 0.25) is 11.1 Å². The molecule has 2 amide bonds. The van der Waals surface area contributed by atoms with Crippen LogP contribution >= 0.6 is 35.0 Å². The lowest BCUT2D eigenvalue weighted by molar-refractivity contribution is -0.113. The Morgan fingerprint density at radius 2 is 1.87 bits per heavy atom. The van der Waals surface area contributed by atoms with Crippen molar-refractivity contribution in [1.29, 1.82) is 0 Å². The summed E-state index contributed by atoms with van der Waals surface area (Å²) >= 11 is 13.3. The molecule has 0 bridgehead atoms. The molecular formula is C21H21Cl2N5O2S. The minimum absolute atomic E-state index is 0.0298. The number of carbonyl (C=O) groups excluding carboxylic acids is 2. The standard InChI is InChI=1S/C21H21Cl2N5O2S/c1-12(2)18(25-20(30)15-9-8-13(22)10-16(15)23)19-26-21(28-27-19)31-11-17(29)24-14-6-4-3-5-7-14/h3-10,12,18H,11H2,1-2H3,(H,24,29)(H,25,30)(H,26,27,28)/t18-/m1/s1. The predicted octanol–water partition coefficient (Wildman–Crippen LogP) is 4.97. The topological polar surface area (TPSA) is 99.8 Å². The van der Waals surface area contributed by atoms with Gasteiger partial charge in [-0.2, -0.15) is 0 Å². The zero-order chi connectivity index (χ0) is 22.4. The largest absolute Gasteiger partial charge is 0.342 e. The summed E-state index contributed by atoms with van der Waals surface area (Å²) in [6.07, 6.45) is 0. The van der Waals surface area contributed by atoms with E-state index < -0.39 is 6.04 Å². The van der Waals surface area contributed by atoms with Gasteiger partial charge in [-0.25, -0.2) is 4.98 Å². The Morgan fingerprint density at radius 3 is 2.55 bits per heavy atom. The van der Waals surface area contributed by atoms with E-state index in [4.69, 9.17) is 23.2 Å². The molecule has 2 aromatic carbocycles. The molecule has 7 nitrogen and oxygen atoms in total. The molecule has 1 heterocycles. The summed E-state index contributed by atoms with van der Waals surface area (Å²) in [7, 11) is 0. The van der Waals surface area contributed by atoms with Gasteiger partial charge in [0.15, 0.2) is 0 Å². The zero-order valence-electron chi connectivity index (χ0n) is 16.9. The van der Waals surface area contributed by atoms with Crippen LogP contribution < -0.4 is 10.6 Å². The first-order valence-corrected chi connectivity index (χ1v) is 11.2. The Hall–Kier alpha value is -2.55. The van der Waals surface area contributed by atoms with E-state index in [1.165, 1.54) is 17.8 Å². The maximum absolute atomic E-state index is 12.7. The predicted molar refractivity (Wildman–Crippen MR) is 124 cm³/mol. The quantitative estimate of drug-likeness (QED) is 0.397. The molecule has 0 aliphatic rings. The lowest BCUT2D eigenvalue weighted by Crippen LogP contribution is -2.32. The fraction of sp³-hybridized carbons (Fsp3) is 0.238. The van der Waals surface area contributed by atoms with Gasteiger partial charge >= 0.3 is 0 Å². The highest BCUT2D eigenvalue weighted by Gasteiger charge is 2.24. The van der Waals surface area contributed by atoms with Crippen LogP contribution in [0.4, 0.5) is 5.69 Å². The van der Waals surface area contributed by atoms with Crippen molar-refractivity contribution >= 4 is 52.5 Å². The highest BCUT2D eigenvalue weighted by Crippen LogP contribution is 2.25. The average Bonchev–Trinajstić information content (AvgIpc) is 3.19. The van der Waals surface area contributed by atoms with Crippen molar-refractivity contribution in [3.05, 3.63) is 70.0 Å². The summed E-state index contributed by atoms with van der Waals surface area (Å²) in [6, 6.07) is 13.5. The number of aromatic nitrogens is 3. The molecule has 3 N–H and O–H groups in total. The molecule has 10 heteroatoms. The number of thioether (sulfide) groups is 1. The van der Waals surface area contributed by atoms with Crippen LogP contribution in [0.1, 0.15) is 36.1 Å². The molecule has 1 atom stereocenters. The summed E-state index contributed by atoms with van der Waals surface area (Å²) in [6.45, 7) is 3.91. The Balaban J connectivity index is 1.62. The number of hydrogen-bond donors (Lipinski definition) is 3. The summed E-state index contributed by atoms with van der Waals surface area (Å²) in [5.74, 6) is 0.189. The van der Waals surface area contributed by atoms with E-state index in [2.05, 4.69) is 25.8 Å². The number of nitrogens with one attached hydrogen (secondary N) is 3. The number of anilines is 1. The van der Waals surface area contributed by atoms with Gasteiger partial charge in [0.05, 0.1) is 22.4 Å². The molecule has 0 spiro atoms. The van der Waals surface area contributed by atoms with E-state index >= 15 is 0 Å². The maximum Gasteiger partial charge on any atom is 0.253 e. The van der Waals surface area contributed by atoms with Crippen molar-refractivity contribution in [2.45, 2.75) is 25.0 Å². The summed E-state index contributed by atoms with van der Waals surface area (Å²) < 4.78 is 0. The number of halogens is 2. The maximum atomic E-state index is 12.7. The van der Waals surface area contributed by atoms with Gasteiger partial charge in [0, 0.05) is 10.7 Å². The Morgan fingerprint density at radius 1 is 1.13 bits per heavy atom. The van der Waals surface area contributed by atoms with Crippen molar-refractivity contribution in [2.75, 3.05) is 11.1 Å². The third kappa shape index (κ3) is 6.46. The third-order valence-electron chi connectivity index (χ3n) is 4.30. The molecular weight excluding hydrogens is 457 g/mol. The van der Waals surface area contributed by atoms with Crippen LogP contribution in [0.2, 0.25) is 10.0 Å². The monoisotopic (exact) mass is 477 g/mol. The van der Waals surface area contributed by atoms with Crippen LogP contribution in [0.15, 0.2) is 53.7 Å². The lowest BCUT2D eigenvalue weighted by atomic mass is 10.0. The Kier molecular flexibility index (Phi) is 7.95. The number of H-pyrrole nitrogens is 1. The number of para-hydroxylation sites is 1. The van der Waals surface area contributed by atoms with E-state index in [0.29, 0.717) is 21.6 Å². The van der Waals surface area contributed by atoms with Crippen molar-refractivity contribution < 1.29 is 9.59 Å². The van der Waals surface area contributed by atoms with Crippen LogP contribution in [0, 0.1) is 5.92 Å². The fourth-order valence-corrected chi connectivity index (χ4v) is 3.85. The normalized spacial score (nSPS) is 11.9. The van der Waals surface area contributed by atoms with E-state index in [-0.39, 0.29) is 28.5 Å².